The van der Waals surface area contributed by atoms with Gasteiger partial charge in [-0.05, 0) is 69.6 Å². The largest absolute Gasteiger partial charge is 0.466 e. The van der Waals surface area contributed by atoms with Crippen molar-refractivity contribution >= 4 is 17.7 Å². The lowest BCUT2D eigenvalue weighted by molar-refractivity contribution is -0.195. The lowest BCUT2D eigenvalue weighted by atomic mass is 9.40. The first-order valence-electron chi connectivity index (χ1n) is 11.2. The Labute approximate surface area is 173 Å². The molecule has 0 aromatic rings. The number of carbonyl (C=O) groups excluding carboxylic acids is 3. The molecule has 0 aromatic heterocycles. The summed E-state index contributed by atoms with van der Waals surface area (Å²) in [6.45, 7) is 12.1. The standard InChI is InChI=1S/C24H34O5/c1-6-28-20(27)22(5)11-7-10-21(4)17(22)8-12-23-14-24(29-16(3)25,13-9-18(21)23)15(2)19(23)26/h17-18H,2,6-14H2,1,3-5H3/t17-,18-,21?,22+,23+,24+/m0/s1. The Kier molecular flexibility index (Phi) is 4.57. The van der Waals surface area contributed by atoms with Crippen LogP contribution in [0.2, 0.25) is 0 Å². The molecule has 0 heterocycles. The van der Waals surface area contributed by atoms with Crippen molar-refractivity contribution < 1.29 is 23.9 Å². The minimum atomic E-state index is -0.818. The maximum absolute atomic E-state index is 13.6. The summed E-state index contributed by atoms with van der Waals surface area (Å²) in [5.74, 6) is 0.0740. The molecule has 4 aliphatic carbocycles. The smallest absolute Gasteiger partial charge is 0.312 e. The zero-order chi connectivity index (χ0) is 21.2. The normalized spacial score (nSPS) is 45.9. The summed E-state index contributed by atoms with van der Waals surface area (Å²) in [5.41, 5.74) is -1.42. The summed E-state index contributed by atoms with van der Waals surface area (Å²) < 4.78 is 11.2. The van der Waals surface area contributed by atoms with Gasteiger partial charge in [-0.15, -0.1) is 0 Å². The van der Waals surface area contributed by atoms with Crippen LogP contribution in [0.1, 0.15) is 79.1 Å². The van der Waals surface area contributed by atoms with E-state index in [1.807, 2.05) is 6.92 Å². The van der Waals surface area contributed by atoms with Crippen molar-refractivity contribution in [1.29, 1.82) is 0 Å². The molecule has 4 saturated carbocycles. The van der Waals surface area contributed by atoms with Crippen LogP contribution in [0.5, 0.6) is 0 Å². The van der Waals surface area contributed by atoms with Gasteiger partial charge in [0.15, 0.2) is 5.78 Å². The highest BCUT2D eigenvalue weighted by Gasteiger charge is 2.72. The zero-order valence-electron chi connectivity index (χ0n) is 18.3. The van der Waals surface area contributed by atoms with Gasteiger partial charge >= 0.3 is 11.9 Å². The first-order valence-corrected chi connectivity index (χ1v) is 11.2. The molecular formula is C24H34O5. The summed E-state index contributed by atoms with van der Waals surface area (Å²) in [5, 5.41) is 0. The van der Waals surface area contributed by atoms with E-state index in [0.29, 0.717) is 25.0 Å². The van der Waals surface area contributed by atoms with E-state index in [9.17, 15) is 14.4 Å². The third-order valence-electron chi connectivity index (χ3n) is 9.11. The Balaban J connectivity index is 1.73. The highest BCUT2D eigenvalue weighted by atomic mass is 16.6. The fourth-order valence-electron chi connectivity index (χ4n) is 8.06. The SMILES string of the molecule is C=C1C(=O)[C@@]23CC[C@H]4C(C)(CCC[C@@]4(C)C(=O)OCC)[C@@H]2CC[C@@]1(OC(C)=O)C3. The van der Waals surface area contributed by atoms with Crippen molar-refractivity contribution in [1.82, 2.24) is 0 Å². The lowest BCUT2D eigenvalue weighted by Crippen LogP contribution is -2.60. The molecule has 1 unspecified atom stereocenters. The number of Topliss-reactive ketones (excluding diaryl/α,β-unsaturated/α-hetero) is 1. The third-order valence-corrected chi connectivity index (χ3v) is 9.11. The number of hydrogen-bond donors (Lipinski definition) is 0. The van der Waals surface area contributed by atoms with Gasteiger partial charge in [0.25, 0.3) is 0 Å². The molecule has 0 aromatic carbocycles. The number of esters is 2. The zero-order valence-corrected chi connectivity index (χ0v) is 18.3. The lowest BCUT2D eigenvalue weighted by Gasteiger charge is -2.63. The van der Waals surface area contributed by atoms with Crippen molar-refractivity contribution in [2.75, 3.05) is 6.61 Å². The van der Waals surface area contributed by atoms with Gasteiger partial charge in [-0.3, -0.25) is 14.4 Å². The molecule has 0 N–H and O–H groups in total. The van der Waals surface area contributed by atoms with Crippen LogP contribution < -0.4 is 0 Å². The summed E-state index contributed by atoms with van der Waals surface area (Å²) >= 11 is 0. The van der Waals surface area contributed by atoms with Crippen molar-refractivity contribution in [3.63, 3.8) is 0 Å². The topological polar surface area (TPSA) is 69.7 Å². The van der Waals surface area contributed by atoms with E-state index < -0.39 is 16.4 Å². The molecule has 5 nitrogen and oxygen atoms in total. The molecule has 0 radical (unpaired) electrons. The second-order valence-electron chi connectivity index (χ2n) is 10.4. The van der Waals surface area contributed by atoms with Gasteiger partial charge < -0.3 is 9.47 Å². The van der Waals surface area contributed by atoms with Gasteiger partial charge in [0, 0.05) is 24.3 Å². The van der Waals surface area contributed by atoms with E-state index >= 15 is 0 Å². The molecule has 0 saturated heterocycles. The van der Waals surface area contributed by atoms with Crippen LogP contribution >= 0.6 is 0 Å². The van der Waals surface area contributed by atoms with Crippen LogP contribution in [0.15, 0.2) is 12.2 Å². The number of ketones is 1. The second-order valence-corrected chi connectivity index (χ2v) is 10.4. The van der Waals surface area contributed by atoms with Crippen LogP contribution in [-0.2, 0) is 23.9 Å². The molecular weight excluding hydrogens is 368 g/mol. The van der Waals surface area contributed by atoms with Crippen molar-refractivity contribution in [3.05, 3.63) is 12.2 Å². The van der Waals surface area contributed by atoms with Crippen LogP contribution in [0.3, 0.4) is 0 Å². The second kappa shape index (κ2) is 6.42. The Morgan fingerprint density at radius 1 is 1.10 bits per heavy atom. The minimum absolute atomic E-state index is 0.0842. The molecule has 2 bridgehead atoms. The van der Waals surface area contributed by atoms with E-state index in [4.69, 9.17) is 9.47 Å². The third kappa shape index (κ3) is 2.55. The van der Waals surface area contributed by atoms with E-state index in [2.05, 4.69) is 20.4 Å². The van der Waals surface area contributed by atoms with Gasteiger partial charge in [0.05, 0.1) is 12.0 Å². The molecule has 0 aliphatic heterocycles. The maximum atomic E-state index is 13.6. The number of ether oxygens (including phenoxy) is 2. The molecule has 6 atom stereocenters. The number of rotatable bonds is 3. The average Bonchev–Trinajstić information content (AvgIpc) is 2.79. The predicted molar refractivity (Wildman–Crippen MR) is 108 cm³/mol. The quantitative estimate of drug-likeness (QED) is 0.517. The Hall–Kier alpha value is -1.65. The van der Waals surface area contributed by atoms with Crippen molar-refractivity contribution in [3.8, 4) is 0 Å². The molecule has 160 valence electrons. The average molecular weight is 403 g/mol. The van der Waals surface area contributed by atoms with Gasteiger partial charge in [0.2, 0.25) is 0 Å². The summed E-state index contributed by atoms with van der Waals surface area (Å²) in [6.07, 6.45) is 6.49. The maximum Gasteiger partial charge on any atom is 0.312 e. The highest BCUT2D eigenvalue weighted by Crippen LogP contribution is 2.72. The summed E-state index contributed by atoms with van der Waals surface area (Å²) in [4.78, 5) is 38.3. The molecule has 0 amide bonds. The van der Waals surface area contributed by atoms with Crippen LogP contribution in [0, 0.1) is 28.1 Å². The number of hydrogen-bond acceptors (Lipinski definition) is 5. The van der Waals surface area contributed by atoms with E-state index in [0.717, 1.165) is 38.5 Å². The number of fused-ring (bicyclic) bond motifs is 3. The van der Waals surface area contributed by atoms with Gasteiger partial charge in [-0.25, -0.2) is 0 Å². The molecule has 4 fully saturated rings. The van der Waals surface area contributed by atoms with E-state index in [1.165, 1.54) is 6.92 Å². The molecule has 29 heavy (non-hydrogen) atoms. The monoisotopic (exact) mass is 402 g/mol. The Morgan fingerprint density at radius 3 is 2.45 bits per heavy atom. The Bertz CT molecular complexity index is 786. The first kappa shape index (κ1) is 20.6. The van der Waals surface area contributed by atoms with Gasteiger partial charge in [-0.2, -0.15) is 0 Å². The molecule has 4 aliphatic rings. The fraction of sp³-hybridized carbons (Fsp3) is 0.792. The molecule has 1 spiro atoms. The predicted octanol–water partition coefficient (Wildman–Crippen LogP) is 4.38. The van der Waals surface area contributed by atoms with E-state index in [-0.39, 0.29) is 35.0 Å². The van der Waals surface area contributed by atoms with Gasteiger partial charge in [0.1, 0.15) is 5.60 Å². The van der Waals surface area contributed by atoms with E-state index in [1.54, 1.807) is 0 Å². The molecule has 4 rings (SSSR count). The number of carbonyl (C=O) groups is 3. The van der Waals surface area contributed by atoms with Crippen molar-refractivity contribution in [2.45, 2.75) is 84.7 Å². The Morgan fingerprint density at radius 2 is 1.79 bits per heavy atom. The van der Waals surface area contributed by atoms with Gasteiger partial charge in [-0.1, -0.05) is 19.9 Å². The fourth-order valence-corrected chi connectivity index (χ4v) is 8.06. The van der Waals surface area contributed by atoms with Crippen LogP contribution in [0.25, 0.3) is 0 Å². The van der Waals surface area contributed by atoms with Crippen LogP contribution in [-0.4, -0.2) is 29.9 Å². The summed E-state index contributed by atoms with van der Waals surface area (Å²) in [7, 11) is 0. The first-order chi connectivity index (χ1) is 13.6. The molecule has 5 heteroatoms. The minimum Gasteiger partial charge on any atom is -0.466 e. The van der Waals surface area contributed by atoms with Crippen molar-refractivity contribution in [2.24, 2.45) is 28.1 Å². The summed E-state index contributed by atoms with van der Waals surface area (Å²) in [6, 6.07) is 0. The van der Waals surface area contributed by atoms with Crippen LogP contribution in [0.4, 0.5) is 0 Å². The highest BCUT2D eigenvalue weighted by molar-refractivity contribution is 6.05.